The Kier molecular flexibility index (Phi) is 4.88. The van der Waals surface area contributed by atoms with Gasteiger partial charge in [-0.1, -0.05) is 23.7 Å². The van der Waals surface area contributed by atoms with Crippen LogP contribution in [0, 0.1) is 5.92 Å². The first kappa shape index (κ1) is 16.1. The molecule has 1 saturated heterocycles. The van der Waals surface area contributed by atoms with Gasteiger partial charge in [0.15, 0.2) is 0 Å². The third-order valence-corrected chi connectivity index (χ3v) is 5.40. The standard InChI is InChI=1S/C19H24ClN3O/c20-16-3-1-15(2-4-16)19-17-5-9-21-10-6-18(17)23(22-19)13-14-7-11-24-12-8-14/h1-4,14,21H,5-13H2. The van der Waals surface area contributed by atoms with E-state index in [9.17, 15) is 0 Å². The van der Waals surface area contributed by atoms with Gasteiger partial charge in [0.2, 0.25) is 0 Å². The van der Waals surface area contributed by atoms with E-state index in [-0.39, 0.29) is 0 Å². The molecule has 2 aliphatic rings. The summed E-state index contributed by atoms with van der Waals surface area (Å²) in [7, 11) is 0. The number of nitrogens with zero attached hydrogens (tertiary/aromatic N) is 2. The number of fused-ring (bicyclic) bond motifs is 1. The highest BCUT2D eigenvalue weighted by Crippen LogP contribution is 2.29. The molecule has 128 valence electrons. The van der Waals surface area contributed by atoms with Crippen molar-refractivity contribution in [2.24, 2.45) is 5.92 Å². The molecule has 24 heavy (non-hydrogen) atoms. The molecule has 2 aliphatic heterocycles. The Balaban J connectivity index is 1.69. The van der Waals surface area contributed by atoms with Crippen LogP contribution in [-0.4, -0.2) is 36.1 Å². The molecule has 0 spiro atoms. The summed E-state index contributed by atoms with van der Waals surface area (Å²) in [5.74, 6) is 0.678. The molecule has 0 aliphatic carbocycles. The zero-order chi connectivity index (χ0) is 16.4. The van der Waals surface area contributed by atoms with Crippen LogP contribution in [0.25, 0.3) is 11.3 Å². The molecule has 0 radical (unpaired) electrons. The number of hydrogen-bond donors (Lipinski definition) is 1. The molecule has 0 atom stereocenters. The van der Waals surface area contributed by atoms with Crippen molar-refractivity contribution < 1.29 is 4.74 Å². The van der Waals surface area contributed by atoms with E-state index >= 15 is 0 Å². The second-order valence-corrected chi connectivity index (χ2v) is 7.21. The molecule has 3 heterocycles. The maximum Gasteiger partial charge on any atom is 0.0958 e. The third kappa shape index (κ3) is 3.37. The Morgan fingerprint density at radius 3 is 2.67 bits per heavy atom. The first-order valence-electron chi connectivity index (χ1n) is 8.94. The minimum absolute atomic E-state index is 0.678. The Bertz CT molecular complexity index is 689. The monoisotopic (exact) mass is 345 g/mol. The minimum Gasteiger partial charge on any atom is -0.381 e. The summed E-state index contributed by atoms with van der Waals surface area (Å²) >= 11 is 6.06. The van der Waals surface area contributed by atoms with Gasteiger partial charge in [0.05, 0.1) is 5.69 Å². The van der Waals surface area contributed by atoms with Crippen molar-refractivity contribution >= 4 is 11.6 Å². The normalized spacial score (nSPS) is 19.0. The van der Waals surface area contributed by atoms with Crippen molar-refractivity contribution in [3.8, 4) is 11.3 Å². The van der Waals surface area contributed by atoms with E-state index in [1.807, 2.05) is 12.1 Å². The highest BCUT2D eigenvalue weighted by atomic mass is 35.5. The summed E-state index contributed by atoms with van der Waals surface area (Å²) in [6, 6.07) is 8.08. The summed E-state index contributed by atoms with van der Waals surface area (Å²) in [6.45, 7) is 4.85. The van der Waals surface area contributed by atoms with Crippen LogP contribution in [0.2, 0.25) is 5.02 Å². The molecule has 0 bridgehead atoms. The molecule has 5 heteroatoms. The van der Waals surface area contributed by atoms with E-state index in [1.165, 1.54) is 16.8 Å². The third-order valence-electron chi connectivity index (χ3n) is 5.15. The molecular formula is C19H24ClN3O. The number of nitrogens with one attached hydrogen (secondary N) is 1. The van der Waals surface area contributed by atoms with Crippen molar-refractivity contribution in [1.82, 2.24) is 15.1 Å². The van der Waals surface area contributed by atoms with E-state index in [0.29, 0.717) is 5.92 Å². The fourth-order valence-electron chi connectivity index (χ4n) is 3.79. The fraction of sp³-hybridized carbons (Fsp3) is 0.526. The lowest BCUT2D eigenvalue weighted by molar-refractivity contribution is 0.0599. The van der Waals surface area contributed by atoms with Crippen LogP contribution in [0.5, 0.6) is 0 Å². The molecule has 1 fully saturated rings. The van der Waals surface area contributed by atoms with Crippen molar-refractivity contribution in [1.29, 1.82) is 0 Å². The van der Waals surface area contributed by atoms with Gasteiger partial charge in [0.25, 0.3) is 0 Å². The van der Waals surface area contributed by atoms with E-state index in [2.05, 4.69) is 22.1 Å². The van der Waals surface area contributed by atoms with Gasteiger partial charge < -0.3 is 10.1 Å². The predicted molar refractivity (Wildman–Crippen MR) is 96.5 cm³/mol. The first-order chi connectivity index (χ1) is 11.8. The van der Waals surface area contributed by atoms with Gasteiger partial charge in [0, 0.05) is 54.6 Å². The molecule has 0 unspecified atom stereocenters. The number of aromatic nitrogens is 2. The van der Waals surface area contributed by atoms with Crippen LogP contribution >= 0.6 is 11.6 Å². The Labute approximate surface area is 148 Å². The van der Waals surface area contributed by atoms with E-state index in [1.54, 1.807) is 0 Å². The zero-order valence-corrected chi connectivity index (χ0v) is 14.7. The molecule has 4 nitrogen and oxygen atoms in total. The molecule has 2 aromatic rings. The zero-order valence-electron chi connectivity index (χ0n) is 13.9. The molecule has 1 aromatic carbocycles. The molecule has 0 amide bonds. The lowest BCUT2D eigenvalue weighted by Crippen LogP contribution is -2.23. The van der Waals surface area contributed by atoms with Gasteiger partial charge in [0.1, 0.15) is 0 Å². The Morgan fingerprint density at radius 1 is 1.12 bits per heavy atom. The van der Waals surface area contributed by atoms with Crippen LogP contribution < -0.4 is 5.32 Å². The highest BCUT2D eigenvalue weighted by molar-refractivity contribution is 6.30. The summed E-state index contributed by atoms with van der Waals surface area (Å²) in [5, 5.41) is 9.32. The Morgan fingerprint density at radius 2 is 1.88 bits per heavy atom. The van der Waals surface area contributed by atoms with Crippen molar-refractivity contribution in [2.45, 2.75) is 32.2 Å². The van der Waals surface area contributed by atoms with E-state index < -0.39 is 0 Å². The molecule has 1 aromatic heterocycles. The van der Waals surface area contributed by atoms with Crippen LogP contribution in [0.4, 0.5) is 0 Å². The van der Waals surface area contributed by atoms with E-state index in [4.69, 9.17) is 21.4 Å². The van der Waals surface area contributed by atoms with Crippen LogP contribution in [-0.2, 0) is 24.1 Å². The van der Waals surface area contributed by atoms with Crippen molar-refractivity contribution in [3.63, 3.8) is 0 Å². The van der Waals surface area contributed by atoms with Gasteiger partial charge in [-0.25, -0.2) is 0 Å². The summed E-state index contributed by atoms with van der Waals surface area (Å²) < 4.78 is 7.78. The van der Waals surface area contributed by atoms with Crippen LogP contribution in [0.15, 0.2) is 24.3 Å². The van der Waals surface area contributed by atoms with Gasteiger partial charge >= 0.3 is 0 Å². The average molecular weight is 346 g/mol. The maximum absolute atomic E-state index is 6.06. The topological polar surface area (TPSA) is 39.1 Å². The quantitative estimate of drug-likeness (QED) is 0.927. The summed E-state index contributed by atoms with van der Waals surface area (Å²) in [4.78, 5) is 0. The van der Waals surface area contributed by atoms with Gasteiger partial charge in [-0.2, -0.15) is 5.10 Å². The fourth-order valence-corrected chi connectivity index (χ4v) is 3.91. The second-order valence-electron chi connectivity index (χ2n) is 6.77. The van der Waals surface area contributed by atoms with E-state index in [0.717, 1.165) is 69.2 Å². The SMILES string of the molecule is Clc1ccc(-c2nn(CC3CCOCC3)c3c2CCNCC3)cc1. The number of hydrogen-bond acceptors (Lipinski definition) is 3. The van der Waals surface area contributed by atoms with Crippen LogP contribution in [0.1, 0.15) is 24.1 Å². The maximum atomic E-state index is 6.06. The molecule has 1 N–H and O–H groups in total. The van der Waals surface area contributed by atoms with Crippen molar-refractivity contribution in [2.75, 3.05) is 26.3 Å². The van der Waals surface area contributed by atoms with Crippen molar-refractivity contribution in [3.05, 3.63) is 40.5 Å². The summed E-state index contributed by atoms with van der Waals surface area (Å²) in [5.41, 5.74) is 5.13. The lowest BCUT2D eigenvalue weighted by atomic mass is 10.00. The van der Waals surface area contributed by atoms with Gasteiger partial charge in [-0.3, -0.25) is 4.68 Å². The number of halogens is 1. The highest BCUT2D eigenvalue weighted by Gasteiger charge is 2.23. The number of ether oxygens (including phenoxy) is 1. The first-order valence-corrected chi connectivity index (χ1v) is 9.32. The minimum atomic E-state index is 0.678. The predicted octanol–water partition coefficient (Wildman–Crippen LogP) is 3.32. The number of rotatable bonds is 3. The Hall–Kier alpha value is -1.36. The largest absolute Gasteiger partial charge is 0.381 e. The molecule has 4 rings (SSSR count). The second kappa shape index (κ2) is 7.26. The molecular weight excluding hydrogens is 322 g/mol. The van der Waals surface area contributed by atoms with Gasteiger partial charge in [-0.15, -0.1) is 0 Å². The van der Waals surface area contributed by atoms with Gasteiger partial charge in [-0.05, 0) is 43.9 Å². The summed E-state index contributed by atoms with van der Waals surface area (Å²) in [6.07, 6.45) is 4.38. The lowest BCUT2D eigenvalue weighted by Gasteiger charge is -2.22. The smallest absolute Gasteiger partial charge is 0.0958 e. The van der Waals surface area contributed by atoms with Crippen LogP contribution in [0.3, 0.4) is 0 Å². The average Bonchev–Trinajstić information content (AvgIpc) is 2.79. The number of benzene rings is 1. The molecule has 0 saturated carbocycles.